The molecule has 0 saturated heterocycles. The van der Waals surface area contributed by atoms with E-state index >= 15 is 0 Å². The Kier molecular flexibility index (Phi) is 2.09. The maximum Gasteiger partial charge on any atom is 0.355 e. The van der Waals surface area contributed by atoms with Gasteiger partial charge in [0.05, 0.1) is 0 Å². The highest BCUT2D eigenvalue weighted by molar-refractivity contribution is 7.15. The largest absolute Gasteiger partial charge is 0.476 e. The standard InChI is InChI=1S/C9H8N2O2S/c1-5-7(9(12)13)11-8(14-5)6-2-3-10-4-6/h2-4,10H,1H3,(H,12,13). The molecule has 0 radical (unpaired) electrons. The van der Waals surface area contributed by atoms with Gasteiger partial charge >= 0.3 is 5.97 Å². The van der Waals surface area contributed by atoms with E-state index in [9.17, 15) is 4.79 Å². The first-order valence-electron chi connectivity index (χ1n) is 4.02. The third-order valence-corrected chi connectivity index (χ3v) is 2.86. The van der Waals surface area contributed by atoms with Gasteiger partial charge in [0, 0.05) is 22.8 Å². The monoisotopic (exact) mass is 208 g/mol. The van der Waals surface area contributed by atoms with Crippen LogP contribution in [-0.4, -0.2) is 21.0 Å². The number of nitrogens with one attached hydrogen (secondary N) is 1. The van der Waals surface area contributed by atoms with Gasteiger partial charge in [-0.2, -0.15) is 0 Å². The van der Waals surface area contributed by atoms with Crippen molar-refractivity contribution >= 4 is 17.3 Å². The molecule has 0 aliphatic heterocycles. The van der Waals surface area contributed by atoms with Gasteiger partial charge in [0.15, 0.2) is 5.69 Å². The number of nitrogens with zero attached hydrogens (tertiary/aromatic N) is 1. The Hall–Kier alpha value is -1.62. The first-order chi connectivity index (χ1) is 6.68. The van der Waals surface area contributed by atoms with E-state index in [1.807, 2.05) is 6.07 Å². The summed E-state index contributed by atoms with van der Waals surface area (Å²) in [7, 11) is 0. The lowest BCUT2D eigenvalue weighted by Crippen LogP contribution is -1.98. The molecule has 5 heteroatoms. The third-order valence-electron chi connectivity index (χ3n) is 1.84. The highest BCUT2D eigenvalue weighted by Gasteiger charge is 2.14. The fraction of sp³-hybridized carbons (Fsp3) is 0.111. The van der Waals surface area contributed by atoms with Crippen LogP contribution in [0.3, 0.4) is 0 Å². The van der Waals surface area contributed by atoms with Crippen molar-refractivity contribution in [3.05, 3.63) is 29.0 Å². The molecule has 0 amide bonds. The van der Waals surface area contributed by atoms with Gasteiger partial charge < -0.3 is 10.1 Å². The first-order valence-corrected chi connectivity index (χ1v) is 4.84. The van der Waals surface area contributed by atoms with Gasteiger partial charge in [-0.15, -0.1) is 11.3 Å². The molecular weight excluding hydrogens is 200 g/mol. The summed E-state index contributed by atoms with van der Waals surface area (Å²) in [6, 6.07) is 1.86. The van der Waals surface area contributed by atoms with Gasteiger partial charge in [-0.25, -0.2) is 9.78 Å². The number of H-pyrrole nitrogens is 1. The lowest BCUT2D eigenvalue weighted by Gasteiger charge is -1.86. The van der Waals surface area contributed by atoms with Crippen LogP contribution < -0.4 is 0 Å². The van der Waals surface area contributed by atoms with Crippen LogP contribution in [0, 0.1) is 6.92 Å². The van der Waals surface area contributed by atoms with Crippen LogP contribution in [0.15, 0.2) is 18.5 Å². The van der Waals surface area contributed by atoms with Crippen LogP contribution in [0.2, 0.25) is 0 Å². The Morgan fingerprint density at radius 2 is 2.43 bits per heavy atom. The SMILES string of the molecule is Cc1sc(-c2cc[nH]c2)nc1C(=O)O. The van der Waals surface area contributed by atoms with Crippen LogP contribution in [0.5, 0.6) is 0 Å². The fourth-order valence-electron chi connectivity index (χ4n) is 1.18. The Morgan fingerprint density at radius 1 is 1.64 bits per heavy atom. The lowest BCUT2D eigenvalue weighted by molar-refractivity contribution is 0.0690. The molecule has 2 aromatic heterocycles. The van der Waals surface area contributed by atoms with E-state index in [0.29, 0.717) is 0 Å². The molecule has 0 aromatic carbocycles. The number of aromatic carboxylic acids is 1. The molecule has 0 unspecified atom stereocenters. The first kappa shape index (κ1) is 8.96. The minimum atomic E-state index is -0.972. The smallest absolute Gasteiger partial charge is 0.355 e. The summed E-state index contributed by atoms with van der Waals surface area (Å²) in [5, 5.41) is 9.55. The summed E-state index contributed by atoms with van der Waals surface area (Å²) >= 11 is 1.39. The zero-order valence-corrected chi connectivity index (χ0v) is 8.26. The second-order valence-electron chi connectivity index (χ2n) is 2.83. The maximum atomic E-state index is 10.7. The number of hydrogen-bond donors (Lipinski definition) is 2. The number of aryl methyl sites for hydroxylation is 1. The fourth-order valence-corrected chi connectivity index (χ4v) is 2.08. The Balaban J connectivity index is 2.48. The van der Waals surface area contributed by atoms with Gasteiger partial charge in [0.25, 0.3) is 0 Å². The van der Waals surface area contributed by atoms with Crippen molar-refractivity contribution in [2.24, 2.45) is 0 Å². The molecule has 4 nitrogen and oxygen atoms in total. The minimum Gasteiger partial charge on any atom is -0.476 e. The van der Waals surface area contributed by atoms with Crippen LogP contribution >= 0.6 is 11.3 Å². The van der Waals surface area contributed by atoms with Crippen molar-refractivity contribution in [1.82, 2.24) is 9.97 Å². The van der Waals surface area contributed by atoms with Crippen molar-refractivity contribution in [3.63, 3.8) is 0 Å². The van der Waals surface area contributed by atoms with Crippen molar-refractivity contribution < 1.29 is 9.90 Å². The number of carbonyl (C=O) groups is 1. The molecular formula is C9H8N2O2S. The molecule has 2 heterocycles. The quantitative estimate of drug-likeness (QED) is 0.794. The molecule has 0 aliphatic rings. The molecule has 0 bridgehead atoms. The number of aromatic nitrogens is 2. The van der Waals surface area contributed by atoms with Crippen LogP contribution in [0.25, 0.3) is 10.6 Å². The van der Waals surface area contributed by atoms with Crippen molar-refractivity contribution in [1.29, 1.82) is 0 Å². The number of thiazole rings is 1. The second kappa shape index (κ2) is 3.26. The molecule has 14 heavy (non-hydrogen) atoms. The third kappa shape index (κ3) is 1.42. The predicted molar refractivity (Wildman–Crippen MR) is 53.6 cm³/mol. The number of rotatable bonds is 2. The average molecular weight is 208 g/mol. The zero-order chi connectivity index (χ0) is 10.1. The highest BCUT2D eigenvalue weighted by Crippen LogP contribution is 2.26. The number of hydrogen-bond acceptors (Lipinski definition) is 3. The molecule has 2 rings (SSSR count). The summed E-state index contributed by atoms with van der Waals surface area (Å²) in [6.07, 6.45) is 3.58. The van der Waals surface area contributed by atoms with E-state index in [2.05, 4.69) is 9.97 Å². The van der Waals surface area contributed by atoms with E-state index in [0.717, 1.165) is 15.4 Å². The van der Waals surface area contributed by atoms with E-state index in [1.54, 1.807) is 19.3 Å². The second-order valence-corrected chi connectivity index (χ2v) is 4.03. The average Bonchev–Trinajstić information content (AvgIpc) is 2.70. The minimum absolute atomic E-state index is 0.145. The summed E-state index contributed by atoms with van der Waals surface area (Å²) < 4.78 is 0. The normalized spacial score (nSPS) is 10.4. The van der Waals surface area contributed by atoms with Gasteiger partial charge in [-0.1, -0.05) is 0 Å². The van der Waals surface area contributed by atoms with Crippen molar-refractivity contribution in [2.75, 3.05) is 0 Å². The summed E-state index contributed by atoms with van der Waals surface area (Å²) in [4.78, 5) is 18.4. The van der Waals surface area contributed by atoms with Gasteiger partial charge in [0.2, 0.25) is 0 Å². The van der Waals surface area contributed by atoms with Crippen LogP contribution in [-0.2, 0) is 0 Å². The summed E-state index contributed by atoms with van der Waals surface area (Å²) in [5.41, 5.74) is 1.07. The molecule has 72 valence electrons. The molecule has 0 fully saturated rings. The van der Waals surface area contributed by atoms with E-state index < -0.39 is 5.97 Å². The van der Waals surface area contributed by atoms with Crippen molar-refractivity contribution in [2.45, 2.75) is 6.92 Å². The van der Waals surface area contributed by atoms with Crippen LogP contribution in [0.1, 0.15) is 15.4 Å². The Bertz CT molecular complexity index is 459. The van der Waals surface area contributed by atoms with Crippen LogP contribution in [0.4, 0.5) is 0 Å². The van der Waals surface area contributed by atoms with Gasteiger partial charge in [0.1, 0.15) is 5.01 Å². The molecule has 0 saturated carbocycles. The van der Waals surface area contributed by atoms with E-state index in [4.69, 9.17) is 5.11 Å². The van der Waals surface area contributed by atoms with Gasteiger partial charge in [-0.05, 0) is 13.0 Å². The van der Waals surface area contributed by atoms with E-state index in [-0.39, 0.29) is 5.69 Å². The molecule has 0 aliphatic carbocycles. The Labute approximate surface area is 84.2 Å². The topological polar surface area (TPSA) is 66.0 Å². The highest BCUT2D eigenvalue weighted by atomic mass is 32.1. The summed E-state index contributed by atoms with van der Waals surface area (Å²) in [6.45, 7) is 1.76. The Morgan fingerprint density at radius 3 is 2.93 bits per heavy atom. The van der Waals surface area contributed by atoms with Gasteiger partial charge in [-0.3, -0.25) is 0 Å². The van der Waals surface area contributed by atoms with E-state index in [1.165, 1.54) is 11.3 Å². The number of aromatic amines is 1. The number of carboxylic acid groups (broad SMARTS) is 1. The zero-order valence-electron chi connectivity index (χ0n) is 7.44. The van der Waals surface area contributed by atoms with Crippen molar-refractivity contribution in [3.8, 4) is 10.6 Å². The maximum absolute atomic E-state index is 10.7. The molecule has 0 spiro atoms. The number of carboxylic acids is 1. The predicted octanol–water partition coefficient (Wildman–Crippen LogP) is 2.14. The molecule has 2 N–H and O–H groups in total. The molecule has 0 atom stereocenters. The molecule has 2 aromatic rings. The lowest BCUT2D eigenvalue weighted by atomic mass is 10.3. The summed E-state index contributed by atoms with van der Waals surface area (Å²) in [5.74, 6) is -0.972.